The number of hydrogen-bond donors (Lipinski definition) is 0. The smallest absolute Gasteiger partial charge is 0.345 e. The van der Waals surface area contributed by atoms with Crippen LogP contribution < -0.4 is 4.74 Å². The minimum Gasteiger partial charge on any atom is -0.497 e. The van der Waals surface area contributed by atoms with Crippen LogP contribution in [-0.4, -0.2) is 35.0 Å². The number of nitro groups is 1. The first-order valence-corrected chi connectivity index (χ1v) is 10.0. The monoisotopic (exact) mass is 436 g/mol. The fraction of sp³-hybridized carbons (Fsp3) is 0.250. The number of methoxy groups -OCH3 is 1. The Balaban J connectivity index is 1.66. The molecule has 0 aliphatic carbocycles. The Kier molecular flexibility index (Phi) is 7.04. The van der Waals surface area contributed by atoms with Gasteiger partial charge in [-0.2, -0.15) is 0 Å². The van der Waals surface area contributed by atoms with E-state index in [-0.39, 0.29) is 17.0 Å². The Hall–Kier alpha value is -3.94. The number of esters is 1. The van der Waals surface area contributed by atoms with Gasteiger partial charge in [0, 0.05) is 29.6 Å². The molecule has 1 aromatic heterocycles. The highest BCUT2D eigenvalue weighted by atomic mass is 16.6. The van der Waals surface area contributed by atoms with Crippen LogP contribution in [0.3, 0.4) is 0 Å². The van der Waals surface area contributed by atoms with E-state index < -0.39 is 17.5 Å². The summed E-state index contributed by atoms with van der Waals surface area (Å²) in [6.07, 6.45) is 0.778. The van der Waals surface area contributed by atoms with Crippen LogP contribution in [0.15, 0.2) is 54.6 Å². The first-order chi connectivity index (χ1) is 15.3. The lowest BCUT2D eigenvalue weighted by atomic mass is 10.1. The van der Waals surface area contributed by atoms with Gasteiger partial charge in [0.25, 0.3) is 5.69 Å². The normalized spacial score (nSPS) is 10.6. The minimum atomic E-state index is -0.904. The van der Waals surface area contributed by atoms with Crippen LogP contribution in [-0.2, 0) is 17.7 Å². The molecule has 0 N–H and O–H groups in total. The fourth-order valence-electron chi connectivity index (χ4n) is 3.55. The molecule has 8 heteroatoms. The Morgan fingerprint density at radius 1 is 1.03 bits per heavy atom. The molecule has 0 atom stereocenters. The van der Waals surface area contributed by atoms with Gasteiger partial charge in [-0.3, -0.25) is 14.9 Å². The molecule has 0 saturated heterocycles. The number of ketones is 1. The summed E-state index contributed by atoms with van der Waals surface area (Å²) in [5.74, 6) is -0.468. The van der Waals surface area contributed by atoms with Gasteiger partial charge in [-0.25, -0.2) is 4.79 Å². The predicted octanol–water partition coefficient (Wildman–Crippen LogP) is 4.30. The number of benzene rings is 2. The number of carbonyl (C=O) groups excluding carboxylic acids is 2. The molecule has 0 aliphatic rings. The molecule has 0 fully saturated rings. The third kappa shape index (κ3) is 5.03. The van der Waals surface area contributed by atoms with Crippen molar-refractivity contribution >= 4 is 17.4 Å². The number of nitrogens with zero attached hydrogens (tertiary/aromatic N) is 2. The number of Topliss-reactive ketones (excluding diaryl/α,β-unsaturated/α-hetero) is 1. The molecule has 3 rings (SSSR count). The number of ether oxygens (including phenoxy) is 2. The highest BCUT2D eigenvalue weighted by Crippen LogP contribution is 2.20. The van der Waals surface area contributed by atoms with Crippen molar-refractivity contribution in [1.82, 2.24) is 4.57 Å². The zero-order valence-electron chi connectivity index (χ0n) is 18.2. The standard InChI is InChI=1S/C24H24N2O6/c1-16-14-21(17(2)25(16)13-12-18-8-10-19(31-3)11-9-18)23(27)15-32-24(28)20-6-4-5-7-22(20)26(29)30/h4-11,14H,12-13,15H2,1-3H3. The summed E-state index contributed by atoms with van der Waals surface area (Å²) in [6.45, 7) is 3.95. The minimum absolute atomic E-state index is 0.185. The van der Waals surface area contributed by atoms with Crippen LogP contribution in [0.25, 0.3) is 0 Å². The van der Waals surface area contributed by atoms with Gasteiger partial charge in [0.05, 0.1) is 12.0 Å². The van der Waals surface area contributed by atoms with Gasteiger partial charge >= 0.3 is 5.97 Å². The van der Waals surface area contributed by atoms with E-state index in [1.807, 2.05) is 42.7 Å². The Bertz CT molecular complexity index is 1150. The summed E-state index contributed by atoms with van der Waals surface area (Å²) in [4.78, 5) is 35.4. The van der Waals surface area contributed by atoms with Gasteiger partial charge in [0.2, 0.25) is 5.78 Å². The van der Waals surface area contributed by atoms with E-state index in [2.05, 4.69) is 0 Å². The zero-order valence-corrected chi connectivity index (χ0v) is 18.2. The number of nitro benzene ring substituents is 1. The van der Waals surface area contributed by atoms with E-state index in [4.69, 9.17) is 9.47 Å². The summed E-state index contributed by atoms with van der Waals surface area (Å²) >= 11 is 0. The van der Waals surface area contributed by atoms with Crippen molar-refractivity contribution in [1.29, 1.82) is 0 Å². The van der Waals surface area contributed by atoms with Crippen LogP contribution in [0.1, 0.15) is 37.7 Å². The second-order valence-electron chi connectivity index (χ2n) is 7.31. The zero-order chi connectivity index (χ0) is 23.3. The van der Waals surface area contributed by atoms with Crippen molar-refractivity contribution in [2.75, 3.05) is 13.7 Å². The third-order valence-electron chi connectivity index (χ3n) is 5.31. The van der Waals surface area contributed by atoms with Crippen LogP contribution in [0.2, 0.25) is 0 Å². The third-order valence-corrected chi connectivity index (χ3v) is 5.31. The maximum atomic E-state index is 12.7. The second kappa shape index (κ2) is 9.91. The summed E-state index contributed by atoms with van der Waals surface area (Å²) in [7, 11) is 1.62. The Morgan fingerprint density at radius 2 is 1.72 bits per heavy atom. The average molecular weight is 436 g/mol. The van der Waals surface area contributed by atoms with Gasteiger partial charge in [0.1, 0.15) is 11.3 Å². The number of para-hydroxylation sites is 1. The van der Waals surface area contributed by atoms with E-state index >= 15 is 0 Å². The average Bonchev–Trinajstić information content (AvgIpc) is 3.09. The molecule has 32 heavy (non-hydrogen) atoms. The SMILES string of the molecule is COc1ccc(CCn2c(C)cc(C(=O)COC(=O)c3ccccc3[N+](=O)[O-])c2C)cc1. The quantitative estimate of drug-likeness (QED) is 0.214. The molecule has 166 valence electrons. The van der Waals surface area contributed by atoms with E-state index in [1.165, 1.54) is 24.3 Å². The molecule has 0 amide bonds. The highest BCUT2D eigenvalue weighted by molar-refractivity contribution is 6.01. The topological polar surface area (TPSA) is 101 Å². The summed E-state index contributed by atoms with van der Waals surface area (Å²) in [5, 5.41) is 11.1. The van der Waals surface area contributed by atoms with E-state index in [9.17, 15) is 19.7 Å². The van der Waals surface area contributed by atoms with Crippen molar-refractivity contribution in [3.63, 3.8) is 0 Å². The first-order valence-electron chi connectivity index (χ1n) is 10.0. The van der Waals surface area contributed by atoms with Crippen LogP contribution in [0.4, 0.5) is 5.69 Å². The summed E-state index contributed by atoms with van der Waals surface area (Å²) < 4.78 is 12.3. The maximum absolute atomic E-state index is 12.7. The van der Waals surface area contributed by atoms with Crippen molar-refractivity contribution in [3.8, 4) is 5.75 Å². The number of hydrogen-bond acceptors (Lipinski definition) is 6. The number of carbonyl (C=O) groups is 2. The van der Waals surface area contributed by atoms with E-state index in [1.54, 1.807) is 13.2 Å². The summed E-state index contributed by atoms with van der Waals surface area (Å²) in [5.41, 5.74) is 2.77. The lowest BCUT2D eigenvalue weighted by Crippen LogP contribution is -2.16. The molecule has 0 aliphatic heterocycles. The van der Waals surface area contributed by atoms with Crippen LogP contribution >= 0.6 is 0 Å². The number of aryl methyl sites for hydroxylation is 2. The van der Waals surface area contributed by atoms with Gasteiger partial charge in [-0.15, -0.1) is 0 Å². The van der Waals surface area contributed by atoms with Crippen molar-refractivity contribution in [2.24, 2.45) is 0 Å². The Labute approximate surface area is 185 Å². The lowest BCUT2D eigenvalue weighted by Gasteiger charge is -2.10. The molecule has 0 unspecified atom stereocenters. The first kappa shape index (κ1) is 22.7. The largest absolute Gasteiger partial charge is 0.497 e. The van der Waals surface area contributed by atoms with Crippen molar-refractivity contribution in [3.05, 3.63) is 92.8 Å². The molecule has 2 aromatic carbocycles. The molecule has 8 nitrogen and oxygen atoms in total. The molecule has 3 aromatic rings. The van der Waals surface area contributed by atoms with Crippen molar-refractivity contribution in [2.45, 2.75) is 26.8 Å². The van der Waals surface area contributed by atoms with E-state index in [0.29, 0.717) is 12.1 Å². The van der Waals surface area contributed by atoms with Crippen LogP contribution in [0.5, 0.6) is 5.75 Å². The molecule has 0 saturated carbocycles. The Morgan fingerprint density at radius 3 is 2.38 bits per heavy atom. The molecule has 0 radical (unpaired) electrons. The van der Waals surface area contributed by atoms with E-state index in [0.717, 1.165) is 29.1 Å². The molecular formula is C24H24N2O6. The van der Waals surface area contributed by atoms with Gasteiger partial charge in [0.15, 0.2) is 6.61 Å². The fourth-order valence-corrected chi connectivity index (χ4v) is 3.55. The maximum Gasteiger partial charge on any atom is 0.345 e. The molecule has 0 bridgehead atoms. The predicted molar refractivity (Wildman–Crippen MR) is 118 cm³/mol. The van der Waals surface area contributed by atoms with Crippen LogP contribution in [0, 0.1) is 24.0 Å². The molecule has 1 heterocycles. The van der Waals surface area contributed by atoms with Gasteiger partial charge < -0.3 is 14.0 Å². The second-order valence-corrected chi connectivity index (χ2v) is 7.31. The number of aromatic nitrogens is 1. The lowest BCUT2D eigenvalue weighted by molar-refractivity contribution is -0.385. The van der Waals surface area contributed by atoms with Gasteiger partial charge in [-0.1, -0.05) is 24.3 Å². The molecular weight excluding hydrogens is 412 g/mol. The summed E-state index contributed by atoms with van der Waals surface area (Å²) in [6, 6.07) is 15.1. The number of rotatable bonds is 9. The highest BCUT2D eigenvalue weighted by Gasteiger charge is 2.22. The van der Waals surface area contributed by atoms with Crippen molar-refractivity contribution < 1.29 is 24.0 Å². The molecule has 0 spiro atoms. The van der Waals surface area contributed by atoms with Gasteiger partial charge in [-0.05, 0) is 50.1 Å².